The third kappa shape index (κ3) is 0.900. The molecule has 1 N–H and O–H groups in total. The first kappa shape index (κ1) is 6.86. The maximum atomic E-state index is 10.9. The molecule has 0 bridgehead atoms. The summed E-state index contributed by atoms with van der Waals surface area (Å²) in [7, 11) is 0. The zero-order chi connectivity index (χ0) is 7.72. The number of nitrogens with one attached hydrogen (secondary N) is 1. The van der Waals surface area contributed by atoms with Crippen LogP contribution < -0.4 is 10.7 Å². The van der Waals surface area contributed by atoms with Gasteiger partial charge in [-0.1, -0.05) is 13.8 Å². The Morgan fingerprint density at radius 1 is 1.50 bits per heavy atom. The average Bonchev–Trinajstić information content (AvgIpc) is 1.93. The zero-order valence-corrected chi connectivity index (χ0v) is 5.82. The van der Waals surface area contributed by atoms with E-state index in [2.05, 4.69) is 11.2 Å². The fraction of sp³-hybridized carbons (Fsp3) is 0.286. The van der Waals surface area contributed by atoms with Crippen LogP contribution in [0, 0.1) is 20.0 Å². The molecule has 0 saturated heterocycles. The molecule has 0 saturated carbocycles. The minimum absolute atomic E-state index is 0.219. The number of aromatic amines is 1. The van der Waals surface area contributed by atoms with Crippen LogP contribution in [-0.4, -0.2) is 4.98 Å². The SMILES string of the molecule is Cc1[c-][nH]c(=O)c(C)c1[O-]. The van der Waals surface area contributed by atoms with Crippen LogP contribution in [0.1, 0.15) is 11.1 Å². The number of H-pyrrole nitrogens is 1. The lowest BCUT2D eigenvalue weighted by Gasteiger charge is -2.21. The van der Waals surface area contributed by atoms with Crippen molar-refractivity contribution in [3.63, 3.8) is 0 Å². The number of hydrogen-bond donors (Lipinski definition) is 1. The van der Waals surface area contributed by atoms with Crippen LogP contribution in [0.5, 0.6) is 5.75 Å². The summed E-state index contributed by atoms with van der Waals surface area (Å²) in [5.74, 6) is -0.219. The van der Waals surface area contributed by atoms with Crippen molar-refractivity contribution in [3.05, 3.63) is 27.7 Å². The van der Waals surface area contributed by atoms with E-state index in [-0.39, 0.29) is 16.9 Å². The molecular formula is C7H7NO2-2. The molecule has 1 aromatic rings. The van der Waals surface area contributed by atoms with Crippen LogP contribution in [0.15, 0.2) is 4.79 Å². The van der Waals surface area contributed by atoms with Gasteiger partial charge in [-0.2, -0.15) is 5.56 Å². The molecule has 0 aliphatic heterocycles. The highest BCUT2D eigenvalue weighted by Gasteiger charge is 1.83. The number of aryl methyl sites for hydroxylation is 1. The lowest BCUT2D eigenvalue weighted by atomic mass is 10.2. The van der Waals surface area contributed by atoms with Gasteiger partial charge in [0.15, 0.2) is 0 Å². The van der Waals surface area contributed by atoms with E-state index in [9.17, 15) is 9.90 Å². The quantitative estimate of drug-likeness (QED) is 0.506. The van der Waals surface area contributed by atoms with Gasteiger partial charge in [-0.3, -0.25) is 0 Å². The van der Waals surface area contributed by atoms with Crippen LogP contribution in [0.4, 0.5) is 0 Å². The van der Waals surface area contributed by atoms with Crippen LogP contribution in [0.25, 0.3) is 0 Å². The minimum Gasteiger partial charge on any atom is -0.928 e. The fourth-order valence-electron chi connectivity index (χ4n) is 0.685. The lowest BCUT2D eigenvalue weighted by Crippen LogP contribution is -2.13. The summed E-state index contributed by atoms with van der Waals surface area (Å²) in [6.45, 7) is 3.12. The van der Waals surface area contributed by atoms with Gasteiger partial charge in [0.2, 0.25) is 0 Å². The molecule has 1 rings (SSSR count). The summed E-state index contributed by atoms with van der Waals surface area (Å²) in [5.41, 5.74) is 0.337. The summed E-state index contributed by atoms with van der Waals surface area (Å²) in [4.78, 5) is 13.0. The first-order valence-electron chi connectivity index (χ1n) is 2.91. The Bertz CT molecular complexity index is 301. The molecule has 3 heteroatoms. The van der Waals surface area contributed by atoms with Gasteiger partial charge in [-0.05, 0) is 0 Å². The van der Waals surface area contributed by atoms with E-state index in [0.29, 0.717) is 5.56 Å². The predicted octanol–water partition coefficient (Wildman–Crippen LogP) is -0.134. The van der Waals surface area contributed by atoms with Crippen molar-refractivity contribution in [2.24, 2.45) is 0 Å². The topological polar surface area (TPSA) is 55.9 Å². The van der Waals surface area contributed by atoms with Crippen molar-refractivity contribution in [1.29, 1.82) is 0 Å². The predicted molar refractivity (Wildman–Crippen MR) is 34.8 cm³/mol. The van der Waals surface area contributed by atoms with E-state index in [1.165, 1.54) is 6.92 Å². The molecule has 0 unspecified atom stereocenters. The van der Waals surface area contributed by atoms with Crippen molar-refractivity contribution in [2.75, 3.05) is 0 Å². The maximum absolute atomic E-state index is 10.9. The molecule has 0 amide bonds. The molecule has 1 heterocycles. The van der Waals surface area contributed by atoms with E-state index in [1.807, 2.05) is 0 Å². The Labute approximate surface area is 58.3 Å². The number of hydrogen-bond acceptors (Lipinski definition) is 2. The monoisotopic (exact) mass is 137 g/mol. The Balaban J connectivity index is 3.49. The lowest BCUT2D eigenvalue weighted by molar-refractivity contribution is -0.270. The smallest absolute Gasteiger partial charge is 0.135 e. The molecule has 54 valence electrons. The molecular weight excluding hydrogens is 130 g/mol. The second-order valence-corrected chi connectivity index (χ2v) is 2.16. The molecule has 0 spiro atoms. The molecule has 0 atom stereocenters. The van der Waals surface area contributed by atoms with Crippen molar-refractivity contribution in [2.45, 2.75) is 13.8 Å². The van der Waals surface area contributed by atoms with Crippen molar-refractivity contribution in [3.8, 4) is 5.75 Å². The third-order valence-electron chi connectivity index (χ3n) is 1.39. The highest BCUT2D eigenvalue weighted by atomic mass is 16.3. The van der Waals surface area contributed by atoms with Gasteiger partial charge in [0, 0.05) is 0 Å². The first-order chi connectivity index (χ1) is 4.63. The summed E-state index contributed by atoms with van der Waals surface area (Å²) in [5, 5.41) is 10.9. The third-order valence-corrected chi connectivity index (χ3v) is 1.39. The molecule has 0 radical (unpaired) electrons. The van der Waals surface area contributed by atoms with Gasteiger partial charge in [-0.15, -0.1) is 11.8 Å². The summed E-state index contributed by atoms with van der Waals surface area (Å²) >= 11 is 0. The second kappa shape index (κ2) is 2.17. The second-order valence-electron chi connectivity index (χ2n) is 2.16. The van der Waals surface area contributed by atoms with Gasteiger partial charge in [0.25, 0.3) is 0 Å². The van der Waals surface area contributed by atoms with Crippen molar-refractivity contribution < 1.29 is 5.11 Å². The average molecular weight is 137 g/mol. The summed E-state index contributed by atoms with van der Waals surface area (Å²) in [6.07, 6.45) is 2.46. The molecule has 3 nitrogen and oxygen atoms in total. The van der Waals surface area contributed by atoms with Crippen LogP contribution in [0.2, 0.25) is 0 Å². The Kier molecular flexibility index (Phi) is 1.49. The normalized spacial score (nSPS) is 9.80. The van der Waals surface area contributed by atoms with Crippen LogP contribution in [0.3, 0.4) is 0 Å². The molecule has 1 aromatic heterocycles. The standard InChI is InChI=1S/C7H8NO2/c1-4-3-8-7(10)5(2)6(4)9/h1-2H3,(H2,8,9,10)/q-1/p-1. The van der Waals surface area contributed by atoms with Gasteiger partial charge in [-0.25, -0.2) is 5.75 Å². The van der Waals surface area contributed by atoms with E-state index in [4.69, 9.17) is 0 Å². The molecule has 0 aromatic carbocycles. The molecule has 10 heavy (non-hydrogen) atoms. The highest BCUT2D eigenvalue weighted by molar-refractivity contribution is 5.32. The van der Waals surface area contributed by atoms with Gasteiger partial charge < -0.3 is 14.9 Å². The van der Waals surface area contributed by atoms with Crippen LogP contribution >= 0.6 is 0 Å². The summed E-state index contributed by atoms with van der Waals surface area (Å²) < 4.78 is 0. The van der Waals surface area contributed by atoms with Crippen molar-refractivity contribution >= 4 is 0 Å². The van der Waals surface area contributed by atoms with E-state index in [0.717, 1.165) is 0 Å². The number of pyridine rings is 1. The maximum Gasteiger partial charge on any atom is 0.135 e. The molecule has 0 aliphatic carbocycles. The number of aromatic nitrogens is 1. The van der Waals surface area contributed by atoms with Crippen LogP contribution in [-0.2, 0) is 0 Å². The number of rotatable bonds is 0. The summed E-state index contributed by atoms with van der Waals surface area (Å²) in [6, 6.07) is 0. The molecule has 0 aliphatic rings. The Morgan fingerprint density at radius 2 is 2.10 bits per heavy atom. The van der Waals surface area contributed by atoms with E-state index in [1.54, 1.807) is 6.92 Å². The minimum atomic E-state index is -0.351. The van der Waals surface area contributed by atoms with Gasteiger partial charge in [0.05, 0.1) is 0 Å². The fourth-order valence-corrected chi connectivity index (χ4v) is 0.685. The largest absolute Gasteiger partial charge is 0.928 e. The van der Waals surface area contributed by atoms with E-state index >= 15 is 0 Å². The zero-order valence-electron chi connectivity index (χ0n) is 5.82. The first-order valence-corrected chi connectivity index (χ1v) is 2.91. The van der Waals surface area contributed by atoms with E-state index < -0.39 is 0 Å². The van der Waals surface area contributed by atoms with Crippen molar-refractivity contribution in [1.82, 2.24) is 4.98 Å². The Hall–Kier alpha value is -1.25. The Morgan fingerprint density at radius 3 is 2.60 bits per heavy atom. The highest BCUT2D eigenvalue weighted by Crippen LogP contribution is 2.10. The van der Waals surface area contributed by atoms with Gasteiger partial charge in [0.1, 0.15) is 5.56 Å². The molecule has 0 fully saturated rings. The van der Waals surface area contributed by atoms with Gasteiger partial charge >= 0.3 is 0 Å².